The largest absolute Gasteiger partial charge is 0.439 e. The van der Waals surface area contributed by atoms with Crippen molar-refractivity contribution in [2.75, 3.05) is 0 Å². The van der Waals surface area contributed by atoms with Crippen LogP contribution in [0, 0.1) is 11.7 Å². The Morgan fingerprint density at radius 2 is 1.56 bits per heavy atom. The number of hydrogen-bond acceptors (Lipinski definition) is 1. The highest BCUT2D eigenvalue weighted by molar-refractivity contribution is 5.31. The fourth-order valence-corrected chi connectivity index (χ4v) is 4.62. The van der Waals surface area contributed by atoms with Crippen LogP contribution in [0.15, 0.2) is 42.5 Å². The van der Waals surface area contributed by atoms with Gasteiger partial charge in [-0.05, 0) is 85.3 Å². The Balaban J connectivity index is 1.54. The zero-order valence-corrected chi connectivity index (χ0v) is 19.0. The summed E-state index contributed by atoms with van der Waals surface area (Å²) < 4.78 is 95.0. The fourth-order valence-electron chi connectivity index (χ4n) is 4.62. The molecule has 34 heavy (non-hydrogen) atoms. The quantitative estimate of drug-likeness (QED) is 0.320. The van der Waals surface area contributed by atoms with Crippen LogP contribution in [0.1, 0.15) is 68.1 Å². The van der Waals surface area contributed by atoms with Gasteiger partial charge in [0.15, 0.2) is 0 Å². The molecule has 2 aromatic carbocycles. The first kappa shape index (κ1) is 26.4. The van der Waals surface area contributed by atoms with Crippen molar-refractivity contribution in [3.8, 4) is 5.75 Å². The van der Waals surface area contributed by atoms with E-state index < -0.39 is 24.2 Å². The third-order valence-corrected chi connectivity index (χ3v) is 6.53. The fraction of sp³-hybridized carbons (Fsp3) is 0.538. The molecule has 0 aromatic heterocycles. The van der Waals surface area contributed by atoms with Crippen LogP contribution < -0.4 is 4.74 Å². The molecule has 0 N–H and O–H groups in total. The molecule has 0 heterocycles. The molecule has 1 nitrogen and oxygen atoms in total. The molecular weight excluding hydrogens is 461 g/mol. The molecular formula is C26H29F7O. The maximum atomic E-state index is 14.7. The summed E-state index contributed by atoms with van der Waals surface area (Å²) in [5.41, 5.74) is 2.20. The molecule has 1 unspecified atom stereocenters. The standard InChI is InChI=1S/C26H29F7O/c1-2-3-17-4-9-19(10-5-17)21-13-12-20(23(27)16-21)11-6-18-7-14-22(15-8-18)34-26(32,33)24(28)25(29,30)31/h7-8,12-17,19,24H,2-6,9-11H2,1H3. The summed E-state index contributed by atoms with van der Waals surface area (Å²) in [6, 6.07) is 10.2. The minimum absolute atomic E-state index is 0.283. The number of alkyl halides is 6. The molecule has 0 radical (unpaired) electrons. The van der Waals surface area contributed by atoms with Gasteiger partial charge in [0.2, 0.25) is 0 Å². The van der Waals surface area contributed by atoms with E-state index in [1.807, 2.05) is 6.07 Å². The van der Waals surface area contributed by atoms with Crippen molar-refractivity contribution in [1.82, 2.24) is 0 Å². The van der Waals surface area contributed by atoms with E-state index in [1.54, 1.807) is 12.1 Å². The Bertz CT molecular complexity index is 916. The number of hydrogen-bond donors (Lipinski definition) is 0. The lowest BCUT2D eigenvalue weighted by molar-refractivity contribution is -0.304. The van der Waals surface area contributed by atoms with Crippen LogP contribution in [-0.2, 0) is 12.8 Å². The SMILES string of the molecule is CCCC1CCC(c2ccc(CCc3ccc(OC(F)(F)C(F)C(F)(F)F)cc3)c(F)c2)CC1. The smallest absolute Gasteiger partial charge is 0.430 e. The van der Waals surface area contributed by atoms with E-state index in [1.165, 1.54) is 37.8 Å². The maximum absolute atomic E-state index is 14.7. The number of rotatable bonds is 9. The molecule has 0 aliphatic heterocycles. The van der Waals surface area contributed by atoms with Crippen LogP contribution >= 0.6 is 0 Å². The second-order valence-corrected chi connectivity index (χ2v) is 9.07. The van der Waals surface area contributed by atoms with Gasteiger partial charge in [-0.2, -0.15) is 22.0 Å². The highest BCUT2D eigenvalue weighted by atomic mass is 19.4. The van der Waals surface area contributed by atoms with E-state index in [4.69, 9.17) is 0 Å². The van der Waals surface area contributed by atoms with Crippen molar-refractivity contribution in [2.45, 2.75) is 82.7 Å². The van der Waals surface area contributed by atoms with Crippen molar-refractivity contribution in [2.24, 2.45) is 5.92 Å². The molecule has 0 spiro atoms. The van der Waals surface area contributed by atoms with Crippen LogP contribution in [0.5, 0.6) is 5.75 Å². The molecule has 1 fully saturated rings. The molecule has 3 rings (SSSR count). The number of aryl methyl sites for hydroxylation is 2. The molecule has 1 saturated carbocycles. The second kappa shape index (κ2) is 11.0. The van der Waals surface area contributed by atoms with E-state index in [-0.39, 0.29) is 5.82 Å². The molecule has 188 valence electrons. The second-order valence-electron chi connectivity index (χ2n) is 9.07. The van der Waals surface area contributed by atoms with Crippen molar-refractivity contribution in [3.63, 3.8) is 0 Å². The van der Waals surface area contributed by atoms with Crippen LogP contribution in [0.2, 0.25) is 0 Å². The Labute approximate surface area is 195 Å². The highest BCUT2D eigenvalue weighted by Crippen LogP contribution is 2.38. The van der Waals surface area contributed by atoms with Crippen molar-refractivity contribution in [3.05, 3.63) is 65.0 Å². The molecule has 0 saturated heterocycles. The molecule has 1 atom stereocenters. The zero-order chi connectivity index (χ0) is 24.9. The molecule has 2 aromatic rings. The van der Waals surface area contributed by atoms with Gasteiger partial charge in [0.25, 0.3) is 6.17 Å². The third-order valence-electron chi connectivity index (χ3n) is 6.53. The summed E-state index contributed by atoms with van der Waals surface area (Å²) in [6.07, 6.45) is -7.52. The highest BCUT2D eigenvalue weighted by Gasteiger charge is 2.59. The summed E-state index contributed by atoms with van der Waals surface area (Å²) in [5, 5.41) is 0. The monoisotopic (exact) mass is 490 g/mol. The third kappa shape index (κ3) is 6.89. The summed E-state index contributed by atoms with van der Waals surface area (Å²) in [6.45, 7) is 2.19. The minimum atomic E-state index is -5.74. The van der Waals surface area contributed by atoms with Gasteiger partial charge in [-0.1, -0.05) is 44.0 Å². The lowest BCUT2D eigenvalue weighted by Crippen LogP contribution is -2.45. The molecule has 8 heteroatoms. The molecule has 1 aliphatic rings. The Kier molecular flexibility index (Phi) is 8.52. The topological polar surface area (TPSA) is 9.23 Å². The van der Waals surface area contributed by atoms with Gasteiger partial charge in [-0.3, -0.25) is 0 Å². The van der Waals surface area contributed by atoms with E-state index >= 15 is 0 Å². The van der Waals surface area contributed by atoms with Crippen molar-refractivity contribution in [1.29, 1.82) is 0 Å². The Hall–Kier alpha value is -2.25. The minimum Gasteiger partial charge on any atom is -0.430 e. The van der Waals surface area contributed by atoms with Crippen LogP contribution in [-0.4, -0.2) is 18.5 Å². The first-order chi connectivity index (χ1) is 16.0. The van der Waals surface area contributed by atoms with Gasteiger partial charge in [-0.25, -0.2) is 8.78 Å². The van der Waals surface area contributed by atoms with Gasteiger partial charge >= 0.3 is 12.3 Å². The van der Waals surface area contributed by atoms with Crippen molar-refractivity contribution < 1.29 is 35.5 Å². The summed E-state index contributed by atoms with van der Waals surface area (Å²) >= 11 is 0. The molecule has 0 amide bonds. The summed E-state index contributed by atoms with van der Waals surface area (Å²) in [4.78, 5) is 0. The summed E-state index contributed by atoms with van der Waals surface area (Å²) in [5.74, 6) is 0.277. The molecule has 1 aliphatic carbocycles. The van der Waals surface area contributed by atoms with Crippen LogP contribution in [0.4, 0.5) is 30.7 Å². The molecule has 0 bridgehead atoms. The van der Waals surface area contributed by atoms with E-state index in [2.05, 4.69) is 11.7 Å². The average molecular weight is 491 g/mol. The van der Waals surface area contributed by atoms with Crippen LogP contribution in [0.25, 0.3) is 0 Å². The van der Waals surface area contributed by atoms with Gasteiger partial charge in [0.1, 0.15) is 11.6 Å². The maximum Gasteiger partial charge on any atom is 0.439 e. The first-order valence-corrected chi connectivity index (χ1v) is 11.6. The number of benzene rings is 2. The van der Waals surface area contributed by atoms with Crippen molar-refractivity contribution >= 4 is 0 Å². The number of ether oxygens (including phenoxy) is 1. The normalized spacial score (nSPS) is 20.2. The van der Waals surface area contributed by atoms with Gasteiger partial charge < -0.3 is 4.74 Å². The summed E-state index contributed by atoms with van der Waals surface area (Å²) in [7, 11) is 0. The Morgan fingerprint density at radius 3 is 2.12 bits per heavy atom. The predicted molar refractivity (Wildman–Crippen MR) is 116 cm³/mol. The zero-order valence-electron chi connectivity index (χ0n) is 19.0. The van der Waals surface area contributed by atoms with Gasteiger partial charge in [-0.15, -0.1) is 0 Å². The van der Waals surface area contributed by atoms with E-state index in [9.17, 15) is 30.7 Å². The van der Waals surface area contributed by atoms with Gasteiger partial charge in [0, 0.05) is 0 Å². The lowest BCUT2D eigenvalue weighted by atomic mass is 9.77. The van der Waals surface area contributed by atoms with E-state index in [0.717, 1.165) is 36.5 Å². The van der Waals surface area contributed by atoms with Gasteiger partial charge in [0.05, 0.1) is 0 Å². The van der Waals surface area contributed by atoms with Crippen LogP contribution in [0.3, 0.4) is 0 Å². The van der Waals surface area contributed by atoms with E-state index in [0.29, 0.717) is 29.9 Å². The first-order valence-electron chi connectivity index (χ1n) is 11.6. The predicted octanol–water partition coefficient (Wildman–Crippen LogP) is 8.56. The lowest BCUT2D eigenvalue weighted by Gasteiger charge is -2.28. The number of halogens is 7. The Morgan fingerprint density at radius 1 is 0.912 bits per heavy atom. The average Bonchev–Trinajstić information content (AvgIpc) is 2.78.